The number of anilines is 1. The zero-order valence-electron chi connectivity index (χ0n) is 15.0. The molecule has 3 rings (SSSR count). The topological polar surface area (TPSA) is 44.6 Å². The van der Waals surface area contributed by atoms with E-state index in [9.17, 15) is 0 Å². The number of aromatic nitrogens is 1. The number of hydrogen-bond donors (Lipinski definition) is 2. The average Bonchev–Trinajstić information content (AvgIpc) is 3.27. The maximum absolute atomic E-state index is 4.32. The number of benzene rings is 1. The third kappa shape index (κ3) is 5.14. The van der Waals surface area contributed by atoms with Crippen LogP contribution in [0.2, 0.25) is 0 Å². The van der Waals surface area contributed by atoms with Crippen molar-refractivity contribution >= 4 is 35.6 Å². The molecule has 1 aromatic carbocycles. The molecule has 0 amide bonds. The summed E-state index contributed by atoms with van der Waals surface area (Å²) in [6.07, 6.45) is 5.29. The molecule has 1 aliphatic heterocycles. The second-order valence-corrected chi connectivity index (χ2v) is 6.22. The van der Waals surface area contributed by atoms with Crippen LogP contribution in [0.25, 0.3) is 0 Å². The van der Waals surface area contributed by atoms with Crippen LogP contribution in [0.15, 0.2) is 53.8 Å². The maximum Gasteiger partial charge on any atom is 0.191 e. The number of hydrogen-bond acceptors (Lipinski definition) is 2. The number of guanidine groups is 1. The molecule has 1 aliphatic rings. The van der Waals surface area contributed by atoms with Gasteiger partial charge in [-0.05, 0) is 37.1 Å². The van der Waals surface area contributed by atoms with Crippen LogP contribution in [0.1, 0.15) is 12.5 Å². The smallest absolute Gasteiger partial charge is 0.191 e. The summed E-state index contributed by atoms with van der Waals surface area (Å²) < 4.78 is 2.16. The summed E-state index contributed by atoms with van der Waals surface area (Å²) >= 11 is 0. The lowest BCUT2D eigenvalue weighted by Crippen LogP contribution is -2.46. The maximum atomic E-state index is 4.32. The molecule has 0 saturated heterocycles. The van der Waals surface area contributed by atoms with Gasteiger partial charge in [-0.3, -0.25) is 4.99 Å². The second kappa shape index (κ2) is 9.70. The highest BCUT2D eigenvalue weighted by molar-refractivity contribution is 14.0. The fraction of sp³-hybridized carbons (Fsp3) is 0.421. The van der Waals surface area contributed by atoms with Crippen LogP contribution >= 0.6 is 24.0 Å². The van der Waals surface area contributed by atoms with Gasteiger partial charge < -0.3 is 20.1 Å². The van der Waals surface area contributed by atoms with Crippen molar-refractivity contribution in [2.24, 2.45) is 4.99 Å². The van der Waals surface area contributed by atoms with Crippen LogP contribution in [-0.2, 0) is 13.0 Å². The molecule has 0 saturated carbocycles. The van der Waals surface area contributed by atoms with Crippen molar-refractivity contribution in [3.05, 3.63) is 54.4 Å². The Kier molecular flexibility index (Phi) is 7.61. The molecule has 1 atom stereocenters. The minimum absolute atomic E-state index is 0. The van der Waals surface area contributed by atoms with Crippen LogP contribution in [0.3, 0.4) is 0 Å². The fourth-order valence-electron chi connectivity index (χ4n) is 3.22. The van der Waals surface area contributed by atoms with E-state index in [2.05, 4.69) is 68.7 Å². The summed E-state index contributed by atoms with van der Waals surface area (Å²) in [4.78, 5) is 6.80. The average molecular weight is 453 g/mol. The molecule has 2 N–H and O–H groups in total. The monoisotopic (exact) mass is 453 g/mol. The normalized spacial score (nSPS) is 14.6. The number of nitrogens with one attached hydrogen (secondary N) is 2. The van der Waals surface area contributed by atoms with E-state index in [1.807, 2.05) is 19.2 Å². The largest absolute Gasteiger partial charge is 0.366 e. The summed E-state index contributed by atoms with van der Waals surface area (Å²) in [7, 11) is 1.82. The highest BCUT2D eigenvalue weighted by Crippen LogP contribution is 2.28. The van der Waals surface area contributed by atoms with E-state index in [0.29, 0.717) is 6.04 Å². The van der Waals surface area contributed by atoms with Crippen LogP contribution < -0.4 is 15.5 Å². The molecule has 0 fully saturated rings. The first-order chi connectivity index (χ1) is 11.8. The molecule has 6 heteroatoms. The second-order valence-electron chi connectivity index (χ2n) is 6.22. The molecule has 0 spiro atoms. The Hall–Kier alpha value is -1.70. The predicted octanol–water partition coefficient (Wildman–Crippen LogP) is 2.72. The SMILES string of the molecule is CN=C(NCCn1cccc1)NCC(C)N1CCc2ccccc21.I. The van der Waals surface area contributed by atoms with Gasteiger partial charge >= 0.3 is 0 Å². The molecule has 2 aromatic rings. The Bertz CT molecular complexity index is 668. The minimum atomic E-state index is 0. The molecule has 2 heterocycles. The summed E-state index contributed by atoms with van der Waals surface area (Å²) in [5.41, 5.74) is 2.83. The van der Waals surface area contributed by atoms with E-state index in [1.165, 1.54) is 11.3 Å². The van der Waals surface area contributed by atoms with E-state index in [0.717, 1.165) is 38.6 Å². The summed E-state index contributed by atoms with van der Waals surface area (Å²) in [6, 6.07) is 13.2. The first-order valence-electron chi connectivity index (χ1n) is 8.68. The highest BCUT2D eigenvalue weighted by atomic mass is 127. The van der Waals surface area contributed by atoms with Gasteiger partial charge in [-0.25, -0.2) is 0 Å². The van der Waals surface area contributed by atoms with Crippen molar-refractivity contribution in [2.75, 3.05) is 31.6 Å². The first kappa shape index (κ1) is 19.6. The van der Waals surface area contributed by atoms with Crippen molar-refractivity contribution < 1.29 is 0 Å². The molecule has 5 nitrogen and oxygen atoms in total. The molecular weight excluding hydrogens is 425 g/mol. The Morgan fingerprint density at radius 2 is 1.92 bits per heavy atom. The minimum Gasteiger partial charge on any atom is -0.366 e. The lowest BCUT2D eigenvalue weighted by molar-refractivity contribution is 0.617. The Labute approximate surface area is 167 Å². The van der Waals surface area contributed by atoms with E-state index in [-0.39, 0.29) is 24.0 Å². The number of nitrogens with zero attached hydrogens (tertiary/aromatic N) is 3. The standard InChI is InChI=1S/C19H27N5.HI/c1-16(24-13-9-17-7-3-4-8-18(17)24)15-22-19(20-2)21-10-14-23-11-5-6-12-23;/h3-8,11-12,16H,9-10,13-15H2,1-2H3,(H2,20,21,22);1H. The zero-order valence-corrected chi connectivity index (χ0v) is 17.3. The van der Waals surface area contributed by atoms with Gasteiger partial charge in [0, 0.05) is 57.3 Å². The number of halogens is 1. The summed E-state index contributed by atoms with van der Waals surface area (Å²) in [6.45, 7) is 6.03. The highest BCUT2D eigenvalue weighted by Gasteiger charge is 2.22. The number of para-hydroxylation sites is 1. The van der Waals surface area contributed by atoms with Crippen LogP contribution in [0, 0.1) is 0 Å². The molecule has 25 heavy (non-hydrogen) atoms. The lowest BCUT2D eigenvalue weighted by atomic mass is 10.2. The van der Waals surface area contributed by atoms with E-state index in [1.54, 1.807) is 0 Å². The molecular formula is C19H28IN5. The molecule has 0 aliphatic carbocycles. The Morgan fingerprint density at radius 1 is 1.16 bits per heavy atom. The molecule has 0 radical (unpaired) electrons. The molecule has 1 unspecified atom stereocenters. The van der Waals surface area contributed by atoms with E-state index < -0.39 is 0 Å². The summed E-state index contributed by atoms with van der Waals surface area (Å²) in [5.74, 6) is 0.862. The third-order valence-electron chi connectivity index (χ3n) is 4.57. The van der Waals surface area contributed by atoms with Crippen molar-refractivity contribution in [1.82, 2.24) is 15.2 Å². The van der Waals surface area contributed by atoms with Gasteiger partial charge in [0.05, 0.1) is 0 Å². The quantitative estimate of drug-likeness (QED) is 0.402. The van der Waals surface area contributed by atoms with Crippen LogP contribution in [0.4, 0.5) is 5.69 Å². The predicted molar refractivity (Wildman–Crippen MR) is 116 cm³/mol. The van der Waals surface area contributed by atoms with Gasteiger partial charge in [0.15, 0.2) is 5.96 Å². The Morgan fingerprint density at radius 3 is 2.68 bits per heavy atom. The van der Waals surface area contributed by atoms with Crippen molar-refractivity contribution in [3.63, 3.8) is 0 Å². The molecule has 1 aromatic heterocycles. The van der Waals surface area contributed by atoms with Gasteiger partial charge in [0.25, 0.3) is 0 Å². The summed E-state index contributed by atoms with van der Waals surface area (Å²) in [5, 5.41) is 6.82. The first-order valence-corrected chi connectivity index (χ1v) is 8.68. The van der Waals surface area contributed by atoms with E-state index >= 15 is 0 Å². The third-order valence-corrected chi connectivity index (χ3v) is 4.57. The van der Waals surface area contributed by atoms with Crippen molar-refractivity contribution in [2.45, 2.75) is 25.9 Å². The number of aliphatic imine (C=N–C) groups is 1. The molecule has 136 valence electrons. The van der Waals surface area contributed by atoms with Gasteiger partial charge in [-0.15, -0.1) is 24.0 Å². The Balaban J connectivity index is 0.00000225. The fourth-order valence-corrected chi connectivity index (χ4v) is 3.22. The molecule has 0 bridgehead atoms. The van der Waals surface area contributed by atoms with Crippen LogP contribution in [0.5, 0.6) is 0 Å². The lowest BCUT2D eigenvalue weighted by Gasteiger charge is -2.28. The zero-order chi connectivity index (χ0) is 16.8. The van der Waals surface area contributed by atoms with Gasteiger partial charge in [0.1, 0.15) is 0 Å². The van der Waals surface area contributed by atoms with Gasteiger partial charge in [0.2, 0.25) is 0 Å². The number of rotatable bonds is 6. The van der Waals surface area contributed by atoms with E-state index in [4.69, 9.17) is 0 Å². The van der Waals surface area contributed by atoms with Gasteiger partial charge in [-0.1, -0.05) is 18.2 Å². The van der Waals surface area contributed by atoms with Crippen molar-refractivity contribution in [1.29, 1.82) is 0 Å². The van der Waals surface area contributed by atoms with Crippen LogP contribution in [-0.4, -0.2) is 43.3 Å². The van der Waals surface area contributed by atoms with Crippen molar-refractivity contribution in [3.8, 4) is 0 Å². The van der Waals surface area contributed by atoms with Gasteiger partial charge in [-0.2, -0.15) is 0 Å². The number of fused-ring (bicyclic) bond motifs is 1.